The Kier molecular flexibility index (Phi) is 14.3. The van der Waals surface area contributed by atoms with Gasteiger partial charge in [-0.05, 0) is 89.4 Å². The van der Waals surface area contributed by atoms with Gasteiger partial charge < -0.3 is 33.5 Å². The predicted octanol–water partition coefficient (Wildman–Crippen LogP) is 6.62. The van der Waals surface area contributed by atoms with Crippen molar-refractivity contribution in [2.75, 3.05) is 26.4 Å². The molecule has 0 aromatic carbocycles. The molecule has 3 saturated heterocycles. The van der Waals surface area contributed by atoms with Gasteiger partial charge in [0.2, 0.25) is 0 Å². The molecular formula is C35H58O8. The maximum Gasteiger partial charge on any atom is 0.158 e. The van der Waals surface area contributed by atoms with E-state index in [4.69, 9.17) is 28.4 Å². The number of aliphatic hydroxyl groups excluding tert-OH is 1. The topological polar surface area (TPSA) is 92.7 Å². The van der Waals surface area contributed by atoms with Crippen molar-refractivity contribution < 1.29 is 38.3 Å². The molecule has 0 amide bonds. The molecule has 8 nitrogen and oxygen atoms in total. The molecule has 246 valence electrons. The van der Waals surface area contributed by atoms with Gasteiger partial charge in [-0.1, -0.05) is 31.4 Å². The van der Waals surface area contributed by atoms with Crippen LogP contribution >= 0.6 is 0 Å². The van der Waals surface area contributed by atoms with Crippen molar-refractivity contribution in [1.82, 2.24) is 0 Å². The summed E-state index contributed by atoms with van der Waals surface area (Å²) >= 11 is 0. The first-order chi connectivity index (χ1) is 21.2. The Morgan fingerprint density at radius 1 is 0.791 bits per heavy atom. The molecule has 3 heterocycles. The molecule has 8 atom stereocenters. The van der Waals surface area contributed by atoms with Gasteiger partial charge in [0.1, 0.15) is 5.78 Å². The molecular weight excluding hydrogens is 548 g/mol. The van der Waals surface area contributed by atoms with Crippen LogP contribution in [-0.4, -0.2) is 74.5 Å². The van der Waals surface area contributed by atoms with Gasteiger partial charge >= 0.3 is 0 Å². The predicted molar refractivity (Wildman–Crippen MR) is 163 cm³/mol. The molecule has 5 aliphatic rings. The Balaban J connectivity index is 1.16. The van der Waals surface area contributed by atoms with Gasteiger partial charge in [0, 0.05) is 57.5 Å². The highest BCUT2D eigenvalue weighted by molar-refractivity contribution is 5.78. The minimum Gasteiger partial charge on any atom is -0.393 e. The smallest absolute Gasteiger partial charge is 0.158 e. The zero-order valence-corrected chi connectivity index (χ0v) is 26.4. The molecule has 0 aromatic heterocycles. The van der Waals surface area contributed by atoms with E-state index >= 15 is 0 Å². The number of carbonyl (C=O) groups is 1. The maximum atomic E-state index is 13.2. The number of ketones is 1. The molecule has 5 fully saturated rings. The number of unbranched alkanes of at least 4 members (excludes halogenated alkanes) is 2. The second kappa shape index (κ2) is 18.3. The highest BCUT2D eigenvalue weighted by Gasteiger charge is 2.44. The fourth-order valence-electron chi connectivity index (χ4n) is 7.66. The third kappa shape index (κ3) is 10.9. The van der Waals surface area contributed by atoms with Crippen molar-refractivity contribution in [3.05, 3.63) is 12.2 Å². The van der Waals surface area contributed by atoms with E-state index in [9.17, 15) is 9.90 Å². The average molecular weight is 607 g/mol. The van der Waals surface area contributed by atoms with Crippen molar-refractivity contribution in [3.8, 4) is 0 Å². The highest BCUT2D eigenvalue weighted by atomic mass is 16.7. The van der Waals surface area contributed by atoms with E-state index in [0.717, 1.165) is 90.4 Å². The molecule has 0 spiro atoms. The summed E-state index contributed by atoms with van der Waals surface area (Å²) in [6.45, 7) is 2.97. The van der Waals surface area contributed by atoms with Crippen LogP contribution in [0.15, 0.2) is 12.2 Å². The number of ether oxygens (including phenoxy) is 6. The number of hydrogen-bond acceptors (Lipinski definition) is 8. The molecule has 3 aliphatic heterocycles. The summed E-state index contributed by atoms with van der Waals surface area (Å²) in [5.74, 6) is 0.517. The summed E-state index contributed by atoms with van der Waals surface area (Å²) in [6, 6.07) is 0. The SMILES string of the molecule is O=C(CCCCCOC1CCCCO1)C[C@@H]1[C@@H](C=C[C@@H](OC2CCCCO2)C2CCCC2)[C@H](OC2CCCCO2)C[C@@H]1O. The van der Waals surface area contributed by atoms with Crippen LogP contribution in [0.3, 0.4) is 0 Å². The monoisotopic (exact) mass is 606 g/mol. The minimum absolute atomic E-state index is 0.00694. The Labute approximate surface area is 259 Å². The normalized spacial score (nSPS) is 35.0. The first-order valence-electron chi connectivity index (χ1n) is 17.8. The summed E-state index contributed by atoms with van der Waals surface area (Å²) in [6.07, 6.45) is 21.9. The lowest BCUT2D eigenvalue weighted by molar-refractivity contribution is -0.193. The zero-order chi connectivity index (χ0) is 29.7. The van der Waals surface area contributed by atoms with Crippen LogP contribution in [-0.2, 0) is 33.2 Å². The standard InChI is InChI=1S/C35H58O8/c36-27(14-2-1-8-20-38-33-15-5-9-21-39-33)24-29-28(32(25-30(29)37)43-35-17-7-11-23-41-35)18-19-31(26-12-3-4-13-26)42-34-16-6-10-22-40-34/h18-19,26,28-35,37H,1-17,20-25H2/t28-,29-,30+,31-,32-,33?,34?,35?/m1/s1. The van der Waals surface area contributed by atoms with Crippen molar-refractivity contribution in [2.45, 2.75) is 159 Å². The largest absolute Gasteiger partial charge is 0.393 e. The van der Waals surface area contributed by atoms with E-state index in [1.807, 2.05) is 0 Å². The quantitative estimate of drug-likeness (QED) is 0.155. The van der Waals surface area contributed by atoms with Gasteiger partial charge in [-0.3, -0.25) is 4.79 Å². The van der Waals surface area contributed by atoms with Gasteiger partial charge in [-0.25, -0.2) is 0 Å². The number of aliphatic hydroxyl groups is 1. The lowest BCUT2D eigenvalue weighted by atomic mass is 9.86. The molecule has 0 radical (unpaired) electrons. The van der Waals surface area contributed by atoms with Crippen molar-refractivity contribution in [3.63, 3.8) is 0 Å². The van der Waals surface area contributed by atoms with Crippen LogP contribution < -0.4 is 0 Å². The van der Waals surface area contributed by atoms with Crippen LogP contribution in [0.1, 0.15) is 122 Å². The van der Waals surface area contributed by atoms with E-state index in [2.05, 4.69) is 12.2 Å². The summed E-state index contributed by atoms with van der Waals surface area (Å²) < 4.78 is 36.4. The van der Waals surface area contributed by atoms with Crippen LogP contribution in [0.4, 0.5) is 0 Å². The van der Waals surface area contributed by atoms with Crippen molar-refractivity contribution in [1.29, 1.82) is 0 Å². The van der Waals surface area contributed by atoms with Crippen LogP contribution in [0, 0.1) is 17.8 Å². The number of rotatable bonds is 16. The van der Waals surface area contributed by atoms with Gasteiger partial charge in [0.15, 0.2) is 18.9 Å². The molecule has 3 unspecified atom stereocenters. The van der Waals surface area contributed by atoms with Gasteiger partial charge in [-0.15, -0.1) is 0 Å². The molecule has 0 aromatic rings. The molecule has 2 saturated carbocycles. The lowest BCUT2D eigenvalue weighted by Crippen LogP contribution is -2.32. The molecule has 43 heavy (non-hydrogen) atoms. The molecule has 8 heteroatoms. The number of Topliss-reactive ketones (excluding diaryl/α,β-unsaturated/α-hetero) is 1. The summed E-state index contributed by atoms with van der Waals surface area (Å²) in [5.41, 5.74) is 0. The summed E-state index contributed by atoms with van der Waals surface area (Å²) in [4.78, 5) is 13.2. The van der Waals surface area contributed by atoms with E-state index in [-0.39, 0.29) is 48.7 Å². The first kappa shape index (κ1) is 33.5. The second-order valence-corrected chi connectivity index (χ2v) is 13.6. The third-order valence-electron chi connectivity index (χ3n) is 10.2. The summed E-state index contributed by atoms with van der Waals surface area (Å²) in [5, 5.41) is 11.2. The van der Waals surface area contributed by atoms with E-state index < -0.39 is 6.10 Å². The minimum atomic E-state index is -0.566. The number of carbonyl (C=O) groups excluding carboxylic acids is 1. The van der Waals surface area contributed by atoms with Crippen molar-refractivity contribution in [2.24, 2.45) is 17.8 Å². The molecule has 1 N–H and O–H groups in total. The van der Waals surface area contributed by atoms with E-state index in [1.54, 1.807) is 0 Å². The van der Waals surface area contributed by atoms with Crippen LogP contribution in [0.5, 0.6) is 0 Å². The van der Waals surface area contributed by atoms with Gasteiger partial charge in [0.25, 0.3) is 0 Å². The molecule has 0 bridgehead atoms. The van der Waals surface area contributed by atoms with Gasteiger partial charge in [0.05, 0.1) is 18.3 Å². The first-order valence-corrected chi connectivity index (χ1v) is 17.8. The average Bonchev–Trinajstić information content (AvgIpc) is 3.67. The van der Waals surface area contributed by atoms with E-state index in [1.165, 1.54) is 32.1 Å². The summed E-state index contributed by atoms with van der Waals surface area (Å²) in [7, 11) is 0. The zero-order valence-electron chi connectivity index (χ0n) is 26.4. The number of hydrogen-bond donors (Lipinski definition) is 1. The third-order valence-corrected chi connectivity index (χ3v) is 10.2. The Morgan fingerprint density at radius 2 is 1.44 bits per heavy atom. The van der Waals surface area contributed by atoms with Crippen molar-refractivity contribution >= 4 is 5.78 Å². The highest BCUT2D eigenvalue weighted by Crippen LogP contribution is 2.40. The fraction of sp³-hybridized carbons (Fsp3) is 0.914. The Hall–Kier alpha value is -0.870. The van der Waals surface area contributed by atoms with Crippen LogP contribution in [0.2, 0.25) is 0 Å². The molecule has 2 aliphatic carbocycles. The van der Waals surface area contributed by atoms with Crippen LogP contribution in [0.25, 0.3) is 0 Å². The second-order valence-electron chi connectivity index (χ2n) is 13.6. The Bertz CT molecular complexity index is 811. The fourth-order valence-corrected chi connectivity index (χ4v) is 7.66. The molecule has 5 rings (SSSR count). The Morgan fingerprint density at radius 3 is 2.12 bits per heavy atom. The lowest BCUT2D eigenvalue weighted by Gasteiger charge is -2.31. The van der Waals surface area contributed by atoms with E-state index in [0.29, 0.717) is 31.8 Å². The maximum absolute atomic E-state index is 13.2. The van der Waals surface area contributed by atoms with Gasteiger partial charge in [-0.2, -0.15) is 0 Å².